The lowest BCUT2D eigenvalue weighted by molar-refractivity contribution is 0.0306. The van der Waals surface area contributed by atoms with Gasteiger partial charge in [0, 0.05) is 12.1 Å². The van der Waals surface area contributed by atoms with E-state index in [-0.39, 0.29) is 11.6 Å². The lowest BCUT2D eigenvalue weighted by Crippen LogP contribution is -2.44. The topological polar surface area (TPSA) is 61.3 Å². The van der Waals surface area contributed by atoms with Gasteiger partial charge in [0.2, 0.25) is 0 Å². The van der Waals surface area contributed by atoms with Crippen molar-refractivity contribution in [2.45, 2.75) is 45.8 Å². The number of ether oxygens (including phenoxy) is 1. The monoisotopic (exact) mass is 188 g/mol. The smallest absolute Gasteiger partial charge is 0.0669 e. The van der Waals surface area contributed by atoms with Gasteiger partial charge >= 0.3 is 0 Å². The van der Waals surface area contributed by atoms with E-state index >= 15 is 0 Å². The summed E-state index contributed by atoms with van der Waals surface area (Å²) in [5.74, 6) is 0.367. The summed E-state index contributed by atoms with van der Waals surface area (Å²) < 4.78 is 5.54. The van der Waals surface area contributed by atoms with Crippen LogP contribution in [0.1, 0.15) is 34.1 Å². The molecule has 3 heteroatoms. The molecule has 3 nitrogen and oxygen atoms in total. The summed E-state index contributed by atoms with van der Waals surface area (Å²) in [5.41, 5.74) is 11.4. The first kappa shape index (κ1) is 12.9. The van der Waals surface area contributed by atoms with E-state index < -0.39 is 0 Å². The maximum Gasteiger partial charge on any atom is 0.0669 e. The third kappa shape index (κ3) is 4.60. The van der Waals surface area contributed by atoms with E-state index in [4.69, 9.17) is 16.2 Å². The molecule has 3 atom stereocenters. The molecule has 80 valence electrons. The Balaban J connectivity index is 3.80. The highest BCUT2D eigenvalue weighted by Gasteiger charge is 2.24. The van der Waals surface area contributed by atoms with E-state index in [2.05, 4.69) is 20.8 Å². The number of nitrogens with two attached hydrogens (primary N) is 2. The molecular formula is C10H24N2O. The third-order valence-corrected chi connectivity index (χ3v) is 2.85. The SMILES string of the molecule is CCC(C)(N)C(C)COC(C)CN. The van der Waals surface area contributed by atoms with Crippen LogP contribution in [0.3, 0.4) is 0 Å². The van der Waals surface area contributed by atoms with Crippen molar-refractivity contribution in [1.29, 1.82) is 0 Å². The molecule has 13 heavy (non-hydrogen) atoms. The zero-order valence-corrected chi connectivity index (χ0v) is 9.34. The Labute approximate surface area is 81.8 Å². The standard InChI is InChI=1S/C10H24N2O/c1-5-10(4,12)8(2)7-13-9(3)6-11/h8-9H,5-7,11-12H2,1-4H3. The quantitative estimate of drug-likeness (QED) is 0.656. The Morgan fingerprint density at radius 1 is 1.38 bits per heavy atom. The Morgan fingerprint density at radius 2 is 1.92 bits per heavy atom. The highest BCUT2D eigenvalue weighted by atomic mass is 16.5. The molecule has 0 radical (unpaired) electrons. The molecule has 3 unspecified atom stereocenters. The Hall–Kier alpha value is -0.120. The first-order valence-electron chi connectivity index (χ1n) is 5.04. The summed E-state index contributed by atoms with van der Waals surface area (Å²) in [6, 6.07) is 0. The summed E-state index contributed by atoms with van der Waals surface area (Å²) in [7, 11) is 0. The molecule has 0 aromatic carbocycles. The van der Waals surface area contributed by atoms with E-state index in [0.29, 0.717) is 19.1 Å². The van der Waals surface area contributed by atoms with Gasteiger partial charge in [-0.3, -0.25) is 0 Å². The van der Waals surface area contributed by atoms with Crippen LogP contribution in [-0.2, 0) is 4.74 Å². The first-order valence-corrected chi connectivity index (χ1v) is 5.04. The molecule has 4 N–H and O–H groups in total. The van der Waals surface area contributed by atoms with Gasteiger partial charge in [-0.15, -0.1) is 0 Å². The van der Waals surface area contributed by atoms with Gasteiger partial charge in [0.05, 0.1) is 12.7 Å². The van der Waals surface area contributed by atoms with Gasteiger partial charge < -0.3 is 16.2 Å². The van der Waals surface area contributed by atoms with Crippen LogP contribution in [0.2, 0.25) is 0 Å². The van der Waals surface area contributed by atoms with Gasteiger partial charge in [-0.1, -0.05) is 13.8 Å². The zero-order chi connectivity index (χ0) is 10.5. The van der Waals surface area contributed by atoms with Gasteiger partial charge in [-0.25, -0.2) is 0 Å². The van der Waals surface area contributed by atoms with E-state index in [9.17, 15) is 0 Å². The maximum absolute atomic E-state index is 6.08. The van der Waals surface area contributed by atoms with Crippen molar-refractivity contribution in [3.05, 3.63) is 0 Å². The molecular weight excluding hydrogens is 164 g/mol. The van der Waals surface area contributed by atoms with E-state index in [1.165, 1.54) is 0 Å². The normalized spacial score (nSPS) is 20.8. The number of hydrogen-bond donors (Lipinski definition) is 2. The highest BCUT2D eigenvalue weighted by molar-refractivity contribution is 4.82. The second-order valence-electron chi connectivity index (χ2n) is 4.14. The lowest BCUT2D eigenvalue weighted by atomic mass is 9.86. The second kappa shape index (κ2) is 5.58. The zero-order valence-electron chi connectivity index (χ0n) is 9.34. The fourth-order valence-corrected chi connectivity index (χ4v) is 0.915. The summed E-state index contributed by atoms with van der Waals surface area (Å²) in [4.78, 5) is 0. The van der Waals surface area contributed by atoms with Crippen LogP contribution in [0.15, 0.2) is 0 Å². The van der Waals surface area contributed by atoms with Crippen molar-refractivity contribution < 1.29 is 4.74 Å². The van der Waals surface area contributed by atoms with Crippen molar-refractivity contribution in [1.82, 2.24) is 0 Å². The van der Waals surface area contributed by atoms with Crippen molar-refractivity contribution in [2.24, 2.45) is 17.4 Å². The minimum Gasteiger partial charge on any atom is -0.377 e. The van der Waals surface area contributed by atoms with Gasteiger partial charge in [0.25, 0.3) is 0 Å². The molecule has 0 saturated heterocycles. The predicted octanol–water partition coefficient (Wildman–Crippen LogP) is 1.11. The van der Waals surface area contributed by atoms with Crippen LogP contribution in [0.5, 0.6) is 0 Å². The molecule has 0 aliphatic heterocycles. The third-order valence-electron chi connectivity index (χ3n) is 2.85. The minimum absolute atomic E-state index is 0.131. The average molecular weight is 188 g/mol. The molecule has 0 aliphatic rings. The van der Waals surface area contributed by atoms with Crippen LogP contribution in [-0.4, -0.2) is 24.8 Å². The molecule has 0 bridgehead atoms. The molecule has 0 fully saturated rings. The first-order chi connectivity index (χ1) is 5.94. The van der Waals surface area contributed by atoms with Gasteiger partial charge in [-0.2, -0.15) is 0 Å². The number of rotatable bonds is 6. The second-order valence-corrected chi connectivity index (χ2v) is 4.14. The van der Waals surface area contributed by atoms with Crippen molar-refractivity contribution >= 4 is 0 Å². The van der Waals surface area contributed by atoms with E-state index in [0.717, 1.165) is 6.42 Å². The largest absolute Gasteiger partial charge is 0.377 e. The number of hydrogen-bond acceptors (Lipinski definition) is 3. The molecule has 0 heterocycles. The van der Waals surface area contributed by atoms with Crippen molar-refractivity contribution in [2.75, 3.05) is 13.2 Å². The molecule has 0 spiro atoms. The molecule has 0 amide bonds. The molecule has 0 saturated carbocycles. The van der Waals surface area contributed by atoms with Crippen LogP contribution in [0.4, 0.5) is 0 Å². The Kier molecular flexibility index (Phi) is 5.53. The summed E-state index contributed by atoms with van der Waals surface area (Å²) >= 11 is 0. The van der Waals surface area contributed by atoms with Crippen LogP contribution in [0, 0.1) is 5.92 Å². The van der Waals surface area contributed by atoms with Crippen molar-refractivity contribution in [3.8, 4) is 0 Å². The molecule has 0 aliphatic carbocycles. The molecule has 0 rings (SSSR count). The highest BCUT2D eigenvalue weighted by Crippen LogP contribution is 2.18. The van der Waals surface area contributed by atoms with Crippen molar-refractivity contribution in [3.63, 3.8) is 0 Å². The van der Waals surface area contributed by atoms with E-state index in [1.54, 1.807) is 0 Å². The fraction of sp³-hybridized carbons (Fsp3) is 1.00. The van der Waals surface area contributed by atoms with Crippen LogP contribution >= 0.6 is 0 Å². The molecule has 0 aromatic rings. The Morgan fingerprint density at radius 3 is 2.31 bits per heavy atom. The maximum atomic E-state index is 6.08. The average Bonchev–Trinajstić information content (AvgIpc) is 2.13. The van der Waals surface area contributed by atoms with E-state index in [1.807, 2.05) is 6.92 Å². The van der Waals surface area contributed by atoms with Gasteiger partial charge in [0.1, 0.15) is 0 Å². The summed E-state index contributed by atoms with van der Waals surface area (Å²) in [6.45, 7) is 9.52. The minimum atomic E-state index is -0.131. The Bertz CT molecular complexity index is 137. The summed E-state index contributed by atoms with van der Waals surface area (Å²) in [5, 5.41) is 0. The van der Waals surface area contributed by atoms with Crippen LogP contribution in [0.25, 0.3) is 0 Å². The fourth-order valence-electron chi connectivity index (χ4n) is 0.915. The van der Waals surface area contributed by atoms with Crippen LogP contribution < -0.4 is 11.5 Å². The molecule has 0 aromatic heterocycles. The predicted molar refractivity (Wildman–Crippen MR) is 56.5 cm³/mol. The van der Waals surface area contributed by atoms with Gasteiger partial charge in [-0.05, 0) is 26.2 Å². The lowest BCUT2D eigenvalue weighted by Gasteiger charge is -2.31. The summed E-state index contributed by atoms with van der Waals surface area (Å²) in [6.07, 6.45) is 1.10. The van der Waals surface area contributed by atoms with Gasteiger partial charge in [0.15, 0.2) is 0 Å².